The highest BCUT2D eigenvalue weighted by Crippen LogP contribution is 2.29. The minimum atomic E-state index is -3.73. The topological polar surface area (TPSA) is 66.9 Å². The van der Waals surface area contributed by atoms with Crippen LogP contribution in [0.3, 0.4) is 0 Å². The van der Waals surface area contributed by atoms with E-state index in [9.17, 15) is 13.2 Å². The summed E-state index contributed by atoms with van der Waals surface area (Å²) in [5.74, 6) is 0.446. The summed E-state index contributed by atoms with van der Waals surface area (Å²) < 4.78 is 33.1. The first-order chi connectivity index (χ1) is 14.5. The summed E-state index contributed by atoms with van der Waals surface area (Å²) in [6, 6.07) is 22.8. The molecular formula is C23H22N2O4S. The molecule has 0 bridgehead atoms. The van der Waals surface area contributed by atoms with Crippen LogP contribution < -0.4 is 9.64 Å². The number of fused-ring (bicyclic) bond motifs is 1. The molecular weight excluding hydrogens is 400 g/mol. The molecule has 1 amide bonds. The minimum Gasteiger partial charge on any atom is -0.497 e. The molecule has 154 valence electrons. The van der Waals surface area contributed by atoms with Crippen LogP contribution in [0.25, 0.3) is 0 Å². The molecule has 0 saturated carbocycles. The van der Waals surface area contributed by atoms with Crippen LogP contribution in [0, 0.1) is 0 Å². The van der Waals surface area contributed by atoms with E-state index in [1.807, 2.05) is 42.5 Å². The number of amides is 1. The lowest BCUT2D eigenvalue weighted by Crippen LogP contribution is -2.38. The van der Waals surface area contributed by atoms with E-state index in [0.717, 1.165) is 11.3 Å². The SMILES string of the molecule is COc1ccc(S(=O)(=O)N2CCN(C(=O)c3ccccc3)c3ccccc3C2)cc1. The predicted octanol–water partition coefficient (Wildman–Crippen LogP) is 3.55. The normalized spacial score (nSPS) is 14.6. The van der Waals surface area contributed by atoms with Crippen LogP contribution in [0.2, 0.25) is 0 Å². The van der Waals surface area contributed by atoms with Crippen LogP contribution in [0.4, 0.5) is 5.69 Å². The second-order valence-electron chi connectivity index (χ2n) is 6.97. The average Bonchev–Trinajstić information content (AvgIpc) is 2.99. The van der Waals surface area contributed by atoms with Crippen molar-refractivity contribution >= 4 is 21.6 Å². The lowest BCUT2D eigenvalue weighted by Gasteiger charge is -2.23. The number of hydrogen-bond donors (Lipinski definition) is 0. The Kier molecular flexibility index (Phi) is 5.57. The zero-order valence-corrected chi connectivity index (χ0v) is 17.4. The van der Waals surface area contributed by atoms with E-state index in [1.165, 1.54) is 23.5 Å². The molecule has 1 heterocycles. The van der Waals surface area contributed by atoms with Gasteiger partial charge in [0.05, 0.1) is 12.0 Å². The Hall–Kier alpha value is -3.16. The number of nitrogens with zero attached hydrogens (tertiary/aromatic N) is 2. The summed E-state index contributed by atoms with van der Waals surface area (Å²) >= 11 is 0. The third-order valence-electron chi connectivity index (χ3n) is 5.17. The van der Waals surface area contributed by atoms with Crippen LogP contribution in [0.1, 0.15) is 15.9 Å². The molecule has 0 fully saturated rings. The van der Waals surface area contributed by atoms with Gasteiger partial charge in [0, 0.05) is 30.9 Å². The van der Waals surface area contributed by atoms with Crippen molar-refractivity contribution in [2.24, 2.45) is 0 Å². The van der Waals surface area contributed by atoms with Gasteiger partial charge in [0.25, 0.3) is 5.91 Å². The lowest BCUT2D eigenvalue weighted by molar-refractivity contribution is 0.0986. The fraction of sp³-hybridized carbons (Fsp3) is 0.174. The number of carbonyl (C=O) groups excluding carboxylic acids is 1. The van der Waals surface area contributed by atoms with Crippen molar-refractivity contribution in [1.29, 1.82) is 0 Å². The molecule has 0 saturated heterocycles. The van der Waals surface area contributed by atoms with Crippen LogP contribution in [-0.2, 0) is 16.6 Å². The first-order valence-corrected chi connectivity index (χ1v) is 11.0. The number of methoxy groups -OCH3 is 1. The number of carbonyl (C=O) groups is 1. The van der Waals surface area contributed by atoms with Crippen LogP contribution >= 0.6 is 0 Å². The molecule has 0 N–H and O–H groups in total. The smallest absolute Gasteiger partial charge is 0.258 e. The van der Waals surface area contributed by atoms with Gasteiger partial charge in [-0.1, -0.05) is 36.4 Å². The second kappa shape index (κ2) is 8.30. The Labute approximate surface area is 176 Å². The van der Waals surface area contributed by atoms with Crippen molar-refractivity contribution in [1.82, 2.24) is 4.31 Å². The van der Waals surface area contributed by atoms with E-state index in [2.05, 4.69) is 0 Å². The maximum absolute atomic E-state index is 13.3. The van der Waals surface area contributed by atoms with Gasteiger partial charge in [0.1, 0.15) is 5.75 Å². The maximum Gasteiger partial charge on any atom is 0.258 e. The number of para-hydroxylation sites is 1. The van der Waals surface area contributed by atoms with Crippen LogP contribution in [0.5, 0.6) is 5.75 Å². The molecule has 3 aromatic carbocycles. The number of rotatable bonds is 4. The Bertz CT molecular complexity index is 1150. The van der Waals surface area contributed by atoms with Gasteiger partial charge in [0.2, 0.25) is 10.0 Å². The lowest BCUT2D eigenvalue weighted by atomic mass is 10.1. The van der Waals surface area contributed by atoms with Crippen molar-refractivity contribution in [3.63, 3.8) is 0 Å². The van der Waals surface area contributed by atoms with E-state index in [4.69, 9.17) is 4.74 Å². The van der Waals surface area contributed by atoms with Gasteiger partial charge >= 0.3 is 0 Å². The summed E-state index contributed by atoms with van der Waals surface area (Å²) in [5, 5.41) is 0. The van der Waals surface area contributed by atoms with E-state index < -0.39 is 10.0 Å². The molecule has 0 aromatic heterocycles. The first-order valence-electron chi connectivity index (χ1n) is 9.60. The molecule has 0 atom stereocenters. The highest BCUT2D eigenvalue weighted by atomic mass is 32.2. The summed E-state index contributed by atoms with van der Waals surface area (Å²) in [5.41, 5.74) is 2.09. The predicted molar refractivity (Wildman–Crippen MR) is 115 cm³/mol. The number of hydrogen-bond acceptors (Lipinski definition) is 4. The van der Waals surface area contributed by atoms with Gasteiger partial charge in [-0.2, -0.15) is 4.31 Å². The average molecular weight is 423 g/mol. The summed E-state index contributed by atoms with van der Waals surface area (Å²) in [4.78, 5) is 15.0. The van der Waals surface area contributed by atoms with Gasteiger partial charge < -0.3 is 9.64 Å². The minimum absolute atomic E-state index is 0.147. The van der Waals surface area contributed by atoms with Crippen molar-refractivity contribution in [3.05, 3.63) is 90.0 Å². The maximum atomic E-state index is 13.3. The van der Waals surface area contributed by atoms with Gasteiger partial charge in [0.15, 0.2) is 0 Å². The largest absolute Gasteiger partial charge is 0.497 e. The van der Waals surface area contributed by atoms with Crippen molar-refractivity contribution in [2.45, 2.75) is 11.4 Å². The Morgan fingerprint density at radius 2 is 1.53 bits per heavy atom. The fourth-order valence-electron chi connectivity index (χ4n) is 3.56. The van der Waals surface area contributed by atoms with Gasteiger partial charge in [-0.25, -0.2) is 8.42 Å². The van der Waals surface area contributed by atoms with E-state index >= 15 is 0 Å². The third kappa shape index (κ3) is 3.81. The molecule has 1 aliphatic rings. The molecule has 7 heteroatoms. The van der Waals surface area contributed by atoms with E-state index in [-0.39, 0.29) is 30.4 Å². The molecule has 0 spiro atoms. The highest BCUT2D eigenvalue weighted by molar-refractivity contribution is 7.89. The molecule has 0 radical (unpaired) electrons. The van der Waals surface area contributed by atoms with Gasteiger partial charge in [-0.3, -0.25) is 4.79 Å². The molecule has 0 aliphatic carbocycles. The Morgan fingerprint density at radius 1 is 0.867 bits per heavy atom. The number of ether oxygens (including phenoxy) is 1. The fourth-order valence-corrected chi connectivity index (χ4v) is 4.97. The summed E-state index contributed by atoms with van der Waals surface area (Å²) in [6.07, 6.45) is 0. The van der Waals surface area contributed by atoms with Gasteiger partial charge in [-0.05, 0) is 48.0 Å². The van der Waals surface area contributed by atoms with Gasteiger partial charge in [-0.15, -0.1) is 0 Å². The molecule has 6 nitrogen and oxygen atoms in total. The summed E-state index contributed by atoms with van der Waals surface area (Å²) in [6.45, 7) is 0.658. The number of sulfonamides is 1. The second-order valence-corrected chi connectivity index (χ2v) is 8.90. The molecule has 4 rings (SSSR count). The monoisotopic (exact) mass is 422 g/mol. The molecule has 30 heavy (non-hydrogen) atoms. The summed E-state index contributed by atoms with van der Waals surface area (Å²) in [7, 11) is -2.19. The number of anilines is 1. The third-order valence-corrected chi connectivity index (χ3v) is 7.02. The zero-order valence-electron chi connectivity index (χ0n) is 16.6. The quantitative estimate of drug-likeness (QED) is 0.645. The van der Waals surface area contributed by atoms with Crippen molar-refractivity contribution < 1.29 is 17.9 Å². The molecule has 1 aliphatic heterocycles. The van der Waals surface area contributed by atoms with Crippen LogP contribution in [-0.4, -0.2) is 38.8 Å². The van der Waals surface area contributed by atoms with Crippen molar-refractivity contribution in [3.8, 4) is 5.75 Å². The zero-order chi connectivity index (χ0) is 21.1. The Morgan fingerprint density at radius 3 is 2.23 bits per heavy atom. The highest BCUT2D eigenvalue weighted by Gasteiger charge is 2.31. The number of benzene rings is 3. The standard InChI is InChI=1S/C23H22N2O4S/c1-29-20-11-13-21(14-12-20)30(27,28)24-15-16-25(22-10-6-5-9-19(22)17-24)23(26)18-7-3-2-4-8-18/h2-14H,15-17H2,1H3. The van der Waals surface area contributed by atoms with E-state index in [0.29, 0.717) is 11.3 Å². The Balaban J connectivity index is 1.68. The molecule has 0 unspecified atom stereocenters. The first kappa shape index (κ1) is 20.1. The molecule has 3 aromatic rings. The van der Waals surface area contributed by atoms with Crippen LogP contribution in [0.15, 0.2) is 83.8 Å². The van der Waals surface area contributed by atoms with Crippen molar-refractivity contribution in [2.75, 3.05) is 25.1 Å². The van der Waals surface area contributed by atoms with E-state index in [1.54, 1.807) is 29.2 Å².